The number of hydrogen-bond acceptors (Lipinski definition) is 5. The van der Waals surface area contributed by atoms with Crippen LogP contribution in [0.1, 0.15) is 24.0 Å². The summed E-state index contributed by atoms with van der Waals surface area (Å²) in [6.07, 6.45) is 0.786. The lowest BCUT2D eigenvalue weighted by molar-refractivity contribution is -0.385. The van der Waals surface area contributed by atoms with Gasteiger partial charge in [0, 0.05) is 31.3 Å². The van der Waals surface area contributed by atoms with E-state index in [1.165, 1.54) is 12.1 Å². The molecule has 0 bridgehead atoms. The van der Waals surface area contributed by atoms with Crippen LogP contribution in [0.15, 0.2) is 42.5 Å². The molecule has 0 radical (unpaired) electrons. The van der Waals surface area contributed by atoms with Gasteiger partial charge in [0.2, 0.25) is 5.91 Å². The standard InChI is InChI=1S/C20H22FN3O4/c21-17-11-14(5-6-19(17)23-9-7-16(25)8-10-23)13-22-20(26)12-15-3-1-2-4-18(15)24(27)28/h1-6,11,16,25H,7-10,12-13H2,(H,22,26). The molecule has 148 valence electrons. The van der Waals surface area contributed by atoms with Gasteiger partial charge < -0.3 is 15.3 Å². The Hall–Kier alpha value is -3.00. The van der Waals surface area contributed by atoms with Gasteiger partial charge in [0.15, 0.2) is 0 Å². The Bertz CT molecular complexity index is 866. The summed E-state index contributed by atoms with van der Waals surface area (Å²) in [6.45, 7) is 1.34. The van der Waals surface area contributed by atoms with Crippen LogP contribution >= 0.6 is 0 Å². The number of para-hydroxylation sites is 1. The molecule has 1 heterocycles. The van der Waals surface area contributed by atoms with Crippen molar-refractivity contribution in [3.63, 3.8) is 0 Å². The van der Waals surface area contributed by atoms with Gasteiger partial charge in [-0.3, -0.25) is 14.9 Å². The van der Waals surface area contributed by atoms with Gasteiger partial charge in [-0.2, -0.15) is 0 Å². The number of carbonyl (C=O) groups excluding carboxylic acids is 1. The Morgan fingerprint density at radius 2 is 1.96 bits per heavy atom. The van der Waals surface area contributed by atoms with Crippen LogP contribution in [-0.2, 0) is 17.8 Å². The van der Waals surface area contributed by atoms with E-state index in [2.05, 4.69) is 5.32 Å². The second-order valence-electron chi connectivity index (χ2n) is 6.84. The third-order valence-corrected chi connectivity index (χ3v) is 4.85. The van der Waals surface area contributed by atoms with Crippen LogP contribution in [0.2, 0.25) is 0 Å². The van der Waals surface area contributed by atoms with Crippen LogP contribution in [0.4, 0.5) is 15.8 Å². The number of piperidine rings is 1. The van der Waals surface area contributed by atoms with E-state index in [9.17, 15) is 24.4 Å². The highest BCUT2D eigenvalue weighted by Crippen LogP contribution is 2.24. The molecule has 1 aliphatic heterocycles. The first-order valence-electron chi connectivity index (χ1n) is 9.14. The lowest BCUT2D eigenvalue weighted by Gasteiger charge is -2.31. The van der Waals surface area contributed by atoms with Gasteiger partial charge in [-0.1, -0.05) is 24.3 Å². The zero-order valence-electron chi connectivity index (χ0n) is 15.3. The van der Waals surface area contributed by atoms with Crippen LogP contribution in [0.5, 0.6) is 0 Å². The first-order valence-corrected chi connectivity index (χ1v) is 9.14. The number of hydrogen-bond donors (Lipinski definition) is 2. The van der Waals surface area contributed by atoms with Crippen LogP contribution in [-0.4, -0.2) is 35.1 Å². The molecule has 0 aromatic heterocycles. The second-order valence-corrected chi connectivity index (χ2v) is 6.84. The zero-order chi connectivity index (χ0) is 20.1. The molecule has 0 aliphatic carbocycles. The van der Waals surface area contributed by atoms with E-state index < -0.39 is 4.92 Å². The number of halogens is 1. The predicted molar refractivity (Wildman–Crippen MR) is 103 cm³/mol. The number of rotatable bonds is 6. The molecule has 1 fully saturated rings. The average Bonchev–Trinajstić information content (AvgIpc) is 2.67. The highest BCUT2D eigenvalue weighted by atomic mass is 19.1. The Labute approximate surface area is 161 Å². The van der Waals surface area contributed by atoms with E-state index in [4.69, 9.17) is 0 Å². The van der Waals surface area contributed by atoms with Gasteiger partial charge in [0.1, 0.15) is 5.82 Å². The van der Waals surface area contributed by atoms with Gasteiger partial charge in [-0.15, -0.1) is 0 Å². The maximum absolute atomic E-state index is 14.5. The summed E-state index contributed by atoms with van der Waals surface area (Å²) in [7, 11) is 0. The lowest BCUT2D eigenvalue weighted by atomic mass is 10.1. The number of benzene rings is 2. The summed E-state index contributed by atoms with van der Waals surface area (Å²) in [5, 5.41) is 23.3. The van der Waals surface area contributed by atoms with Crippen molar-refractivity contribution in [1.82, 2.24) is 5.32 Å². The number of nitro groups is 1. The normalized spacial score (nSPS) is 14.7. The number of carbonyl (C=O) groups is 1. The lowest BCUT2D eigenvalue weighted by Crippen LogP contribution is -2.36. The molecule has 3 rings (SSSR count). The van der Waals surface area contributed by atoms with Crippen molar-refractivity contribution in [3.05, 3.63) is 69.5 Å². The zero-order valence-corrected chi connectivity index (χ0v) is 15.3. The van der Waals surface area contributed by atoms with Gasteiger partial charge in [0.25, 0.3) is 5.69 Å². The molecule has 2 aromatic rings. The minimum Gasteiger partial charge on any atom is -0.393 e. The minimum atomic E-state index is -0.518. The van der Waals surface area contributed by atoms with E-state index in [0.29, 0.717) is 42.7 Å². The maximum Gasteiger partial charge on any atom is 0.273 e. The Morgan fingerprint density at radius 1 is 1.25 bits per heavy atom. The number of nitrogens with zero attached hydrogens (tertiary/aromatic N) is 2. The van der Waals surface area contributed by atoms with Crippen LogP contribution in [0.25, 0.3) is 0 Å². The molecular formula is C20H22FN3O4. The molecule has 1 aliphatic rings. The van der Waals surface area contributed by atoms with Gasteiger partial charge in [0.05, 0.1) is 23.1 Å². The van der Waals surface area contributed by atoms with E-state index in [0.717, 1.165) is 0 Å². The summed E-state index contributed by atoms with van der Waals surface area (Å²) in [6, 6.07) is 10.9. The molecule has 0 saturated carbocycles. The van der Waals surface area contributed by atoms with E-state index in [-0.39, 0.29) is 36.5 Å². The fourth-order valence-electron chi connectivity index (χ4n) is 3.30. The number of nitrogens with one attached hydrogen (secondary N) is 1. The number of anilines is 1. The summed E-state index contributed by atoms with van der Waals surface area (Å²) >= 11 is 0. The minimum absolute atomic E-state index is 0.0975. The molecular weight excluding hydrogens is 365 g/mol. The summed E-state index contributed by atoms with van der Waals surface area (Å²) in [5.41, 5.74) is 1.33. The molecule has 8 heteroatoms. The first-order chi connectivity index (χ1) is 13.4. The van der Waals surface area contributed by atoms with Crippen LogP contribution < -0.4 is 10.2 Å². The molecule has 0 unspecified atom stereocenters. The molecule has 7 nitrogen and oxygen atoms in total. The van der Waals surface area contributed by atoms with E-state index >= 15 is 0 Å². The highest BCUT2D eigenvalue weighted by Gasteiger charge is 2.20. The quantitative estimate of drug-likeness (QED) is 0.587. The molecule has 2 N–H and O–H groups in total. The van der Waals surface area contributed by atoms with Crippen molar-refractivity contribution in [3.8, 4) is 0 Å². The predicted octanol–water partition coefficient (Wildman–Crippen LogP) is 2.55. The Balaban J connectivity index is 1.58. The molecule has 1 saturated heterocycles. The molecule has 0 atom stereocenters. The fraction of sp³-hybridized carbons (Fsp3) is 0.350. The van der Waals surface area contributed by atoms with E-state index in [1.54, 1.807) is 30.3 Å². The topological polar surface area (TPSA) is 95.7 Å². The SMILES string of the molecule is O=C(Cc1ccccc1[N+](=O)[O-])NCc1ccc(N2CCC(O)CC2)c(F)c1. The van der Waals surface area contributed by atoms with Crippen molar-refractivity contribution < 1.29 is 19.2 Å². The largest absolute Gasteiger partial charge is 0.393 e. The second kappa shape index (κ2) is 8.79. The van der Waals surface area contributed by atoms with Crippen molar-refractivity contribution >= 4 is 17.3 Å². The monoisotopic (exact) mass is 387 g/mol. The third kappa shape index (κ3) is 4.83. The average molecular weight is 387 g/mol. The van der Waals surface area contributed by atoms with Crippen LogP contribution in [0.3, 0.4) is 0 Å². The maximum atomic E-state index is 14.5. The summed E-state index contributed by atoms with van der Waals surface area (Å²) < 4.78 is 14.5. The smallest absolute Gasteiger partial charge is 0.273 e. The Morgan fingerprint density at radius 3 is 2.64 bits per heavy atom. The fourth-order valence-corrected chi connectivity index (χ4v) is 3.30. The molecule has 0 spiro atoms. The number of amides is 1. The highest BCUT2D eigenvalue weighted by molar-refractivity contribution is 5.79. The molecule has 2 aromatic carbocycles. The van der Waals surface area contributed by atoms with Crippen molar-refractivity contribution in [2.24, 2.45) is 0 Å². The first kappa shape index (κ1) is 19.8. The molecule has 1 amide bonds. The van der Waals surface area contributed by atoms with Gasteiger partial charge in [-0.05, 0) is 30.5 Å². The van der Waals surface area contributed by atoms with Gasteiger partial charge in [-0.25, -0.2) is 4.39 Å². The van der Waals surface area contributed by atoms with E-state index in [1.807, 2.05) is 4.90 Å². The molecule has 28 heavy (non-hydrogen) atoms. The number of aliphatic hydroxyl groups is 1. The summed E-state index contributed by atoms with van der Waals surface area (Å²) in [4.78, 5) is 24.5. The van der Waals surface area contributed by atoms with Crippen LogP contribution in [0, 0.1) is 15.9 Å². The Kier molecular flexibility index (Phi) is 6.20. The number of aliphatic hydroxyl groups excluding tert-OH is 1. The third-order valence-electron chi connectivity index (χ3n) is 4.85. The number of nitro benzene ring substituents is 1. The van der Waals surface area contributed by atoms with Crippen molar-refractivity contribution in [2.45, 2.75) is 31.9 Å². The summed E-state index contributed by atoms with van der Waals surface area (Å²) in [5.74, 6) is -0.745. The van der Waals surface area contributed by atoms with Gasteiger partial charge >= 0.3 is 0 Å². The van der Waals surface area contributed by atoms with Crippen molar-refractivity contribution in [1.29, 1.82) is 0 Å². The van der Waals surface area contributed by atoms with Crippen molar-refractivity contribution in [2.75, 3.05) is 18.0 Å².